The first-order valence-electron chi connectivity index (χ1n) is 8.06. The Hall–Kier alpha value is -0.860. The van der Waals surface area contributed by atoms with Crippen molar-refractivity contribution in [2.45, 2.75) is 51.4 Å². The van der Waals surface area contributed by atoms with Crippen molar-refractivity contribution >= 4 is 40.2 Å². The molecule has 1 rings (SSSR count). The van der Waals surface area contributed by atoms with E-state index < -0.39 is 11.9 Å². The van der Waals surface area contributed by atoms with Crippen LogP contribution in [0.15, 0.2) is 0 Å². The molecule has 0 saturated carbocycles. The van der Waals surface area contributed by atoms with Gasteiger partial charge in [0.2, 0.25) is 0 Å². The maximum absolute atomic E-state index is 10.5. The molecule has 1 heterocycles. The Morgan fingerprint density at radius 1 is 0.957 bits per heavy atom. The highest BCUT2D eigenvalue weighted by molar-refractivity contribution is 8.22. The molecule has 1 saturated heterocycles. The van der Waals surface area contributed by atoms with Crippen LogP contribution in [0.4, 0.5) is 0 Å². The first-order chi connectivity index (χ1) is 11.0. The minimum atomic E-state index is -0.733. The van der Waals surface area contributed by atoms with Crippen molar-refractivity contribution in [2.75, 3.05) is 25.6 Å². The number of unbranched alkanes of at least 4 members (excludes halogenated alkanes) is 4. The van der Waals surface area contributed by atoms with Crippen LogP contribution < -0.4 is 0 Å². The number of thiocarbonyl (C=S) groups is 1. The lowest BCUT2D eigenvalue weighted by Gasteiger charge is -2.36. The van der Waals surface area contributed by atoms with Crippen LogP contribution in [0.1, 0.15) is 51.4 Å². The molecule has 6 nitrogen and oxygen atoms in total. The quantitative estimate of drug-likeness (QED) is 0.405. The Morgan fingerprint density at radius 3 is 2.09 bits per heavy atom. The van der Waals surface area contributed by atoms with Gasteiger partial charge in [-0.15, -0.1) is 0 Å². The summed E-state index contributed by atoms with van der Waals surface area (Å²) < 4.78 is 0.922. The molecule has 1 fully saturated rings. The lowest BCUT2D eigenvalue weighted by molar-refractivity contribution is -0.138. The zero-order valence-corrected chi connectivity index (χ0v) is 15.0. The molecule has 0 bridgehead atoms. The van der Waals surface area contributed by atoms with Crippen molar-refractivity contribution in [1.29, 1.82) is 0 Å². The molecule has 132 valence electrons. The summed E-state index contributed by atoms with van der Waals surface area (Å²) in [6.45, 7) is 2.66. The van der Waals surface area contributed by atoms with Crippen LogP contribution in [-0.4, -0.2) is 61.9 Å². The van der Waals surface area contributed by atoms with E-state index >= 15 is 0 Å². The minimum Gasteiger partial charge on any atom is -0.481 e. The fourth-order valence-corrected chi connectivity index (χ4v) is 3.56. The van der Waals surface area contributed by atoms with Crippen LogP contribution in [0.25, 0.3) is 0 Å². The van der Waals surface area contributed by atoms with Crippen molar-refractivity contribution in [2.24, 2.45) is 0 Å². The van der Waals surface area contributed by atoms with Gasteiger partial charge in [-0.05, 0) is 25.7 Å². The molecule has 0 atom stereocenters. The Bertz CT molecular complexity index is 407. The fourth-order valence-electron chi connectivity index (χ4n) is 2.42. The molecule has 0 aromatic rings. The van der Waals surface area contributed by atoms with Gasteiger partial charge in [0.25, 0.3) is 0 Å². The number of carbonyl (C=O) groups is 2. The summed E-state index contributed by atoms with van der Waals surface area (Å²) in [4.78, 5) is 25.4. The molecule has 1 aliphatic heterocycles. The highest BCUT2D eigenvalue weighted by atomic mass is 32.2. The van der Waals surface area contributed by atoms with E-state index in [0.717, 1.165) is 68.5 Å². The number of hydrogen-bond donors (Lipinski definition) is 2. The first kappa shape index (κ1) is 20.2. The van der Waals surface area contributed by atoms with Gasteiger partial charge in [0.15, 0.2) is 0 Å². The van der Waals surface area contributed by atoms with Gasteiger partial charge in [-0.3, -0.25) is 14.5 Å². The van der Waals surface area contributed by atoms with E-state index in [1.807, 2.05) is 0 Å². The average Bonchev–Trinajstić information content (AvgIpc) is 2.48. The predicted molar refractivity (Wildman–Crippen MR) is 95.5 cm³/mol. The maximum Gasteiger partial charge on any atom is 0.303 e. The second kappa shape index (κ2) is 11.6. The average molecular weight is 363 g/mol. The SMILES string of the molecule is O=C(O)CCCCCN1CSC(=S)N(CCCCCC(=O)O)C1. The maximum atomic E-state index is 10.5. The molecule has 0 aliphatic carbocycles. The molecule has 1 aliphatic rings. The van der Waals surface area contributed by atoms with Crippen LogP contribution in [0.5, 0.6) is 0 Å². The van der Waals surface area contributed by atoms with Gasteiger partial charge in [-0.1, -0.05) is 36.8 Å². The van der Waals surface area contributed by atoms with Crippen LogP contribution in [0.2, 0.25) is 0 Å². The van der Waals surface area contributed by atoms with E-state index in [0.29, 0.717) is 0 Å². The topological polar surface area (TPSA) is 81.1 Å². The van der Waals surface area contributed by atoms with Gasteiger partial charge in [0, 0.05) is 25.9 Å². The van der Waals surface area contributed by atoms with E-state index in [1.54, 1.807) is 11.8 Å². The molecule has 0 aromatic carbocycles. The Labute approximate surface area is 147 Å². The van der Waals surface area contributed by atoms with E-state index in [9.17, 15) is 9.59 Å². The third kappa shape index (κ3) is 9.78. The zero-order valence-electron chi connectivity index (χ0n) is 13.4. The number of hydrogen-bond acceptors (Lipinski definition) is 5. The summed E-state index contributed by atoms with van der Waals surface area (Å²) >= 11 is 7.05. The predicted octanol–water partition coefficient (Wildman–Crippen LogP) is 2.83. The monoisotopic (exact) mass is 362 g/mol. The number of rotatable bonds is 12. The van der Waals surface area contributed by atoms with E-state index in [1.165, 1.54) is 0 Å². The Balaban J connectivity index is 2.15. The molecular weight excluding hydrogens is 336 g/mol. The van der Waals surface area contributed by atoms with Crippen molar-refractivity contribution in [1.82, 2.24) is 9.80 Å². The van der Waals surface area contributed by atoms with Crippen molar-refractivity contribution < 1.29 is 19.8 Å². The third-order valence-corrected chi connectivity index (χ3v) is 5.29. The molecule has 2 N–H and O–H groups in total. The van der Waals surface area contributed by atoms with E-state index in [4.69, 9.17) is 22.4 Å². The summed E-state index contributed by atoms with van der Waals surface area (Å²) in [6, 6.07) is 0. The smallest absolute Gasteiger partial charge is 0.303 e. The number of carboxylic acid groups (broad SMARTS) is 2. The van der Waals surface area contributed by atoms with Crippen LogP contribution in [-0.2, 0) is 9.59 Å². The van der Waals surface area contributed by atoms with Gasteiger partial charge in [-0.2, -0.15) is 0 Å². The Kier molecular flexibility index (Phi) is 10.2. The second-order valence-corrected chi connectivity index (χ2v) is 7.33. The van der Waals surface area contributed by atoms with Gasteiger partial charge in [0.05, 0.1) is 12.5 Å². The van der Waals surface area contributed by atoms with Gasteiger partial charge in [0.1, 0.15) is 4.32 Å². The van der Waals surface area contributed by atoms with E-state index in [2.05, 4.69) is 9.80 Å². The van der Waals surface area contributed by atoms with Crippen molar-refractivity contribution in [3.8, 4) is 0 Å². The standard InChI is InChI=1S/C15H26N2O4S2/c18-13(19)7-3-1-5-9-16-11-17(15(22)23-12-16)10-6-2-4-8-14(20)21/h1-12H2,(H,18,19)(H,20,21). The molecule has 8 heteroatoms. The molecular formula is C15H26N2O4S2. The normalized spacial score (nSPS) is 15.8. The van der Waals surface area contributed by atoms with Gasteiger partial charge in [-0.25, -0.2) is 0 Å². The van der Waals surface area contributed by atoms with Crippen molar-refractivity contribution in [3.05, 3.63) is 0 Å². The molecule has 0 aromatic heterocycles. The first-order valence-corrected chi connectivity index (χ1v) is 9.46. The number of thioether (sulfide) groups is 1. The highest BCUT2D eigenvalue weighted by Crippen LogP contribution is 2.20. The summed E-state index contributed by atoms with van der Waals surface area (Å²) in [5.74, 6) is -0.561. The molecule has 0 unspecified atom stereocenters. The van der Waals surface area contributed by atoms with Gasteiger partial charge < -0.3 is 15.1 Å². The molecule has 0 radical (unpaired) electrons. The largest absolute Gasteiger partial charge is 0.481 e. The summed E-state index contributed by atoms with van der Waals surface area (Å²) in [5, 5.41) is 17.2. The lowest BCUT2D eigenvalue weighted by Crippen LogP contribution is -2.45. The zero-order chi connectivity index (χ0) is 17.1. The number of nitrogens with zero attached hydrogens (tertiary/aromatic N) is 2. The lowest BCUT2D eigenvalue weighted by atomic mass is 10.2. The van der Waals surface area contributed by atoms with Gasteiger partial charge >= 0.3 is 11.9 Å². The number of carboxylic acids is 2. The molecule has 0 spiro atoms. The van der Waals surface area contributed by atoms with Crippen LogP contribution in [0, 0.1) is 0 Å². The van der Waals surface area contributed by atoms with E-state index in [-0.39, 0.29) is 12.8 Å². The number of aliphatic carboxylic acids is 2. The summed E-state index contributed by atoms with van der Waals surface area (Å²) in [7, 11) is 0. The molecule has 0 amide bonds. The summed E-state index contributed by atoms with van der Waals surface area (Å²) in [6.07, 6.45) is 5.76. The summed E-state index contributed by atoms with van der Waals surface area (Å²) in [5.41, 5.74) is 0. The van der Waals surface area contributed by atoms with Crippen LogP contribution in [0.3, 0.4) is 0 Å². The highest BCUT2D eigenvalue weighted by Gasteiger charge is 2.20. The van der Waals surface area contributed by atoms with Crippen LogP contribution >= 0.6 is 24.0 Å². The van der Waals surface area contributed by atoms with Crippen molar-refractivity contribution in [3.63, 3.8) is 0 Å². The molecule has 23 heavy (non-hydrogen) atoms. The Morgan fingerprint density at radius 2 is 1.52 bits per heavy atom. The minimum absolute atomic E-state index is 0.238. The third-order valence-electron chi connectivity index (χ3n) is 3.68. The fraction of sp³-hybridized carbons (Fsp3) is 0.800. The second-order valence-electron chi connectivity index (χ2n) is 5.75.